The monoisotopic (exact) mass is 432 g/mol. The predicted molar refractivity (Wildman–Crippen MR) is 119 cm³/mol. The van der Waals surface area contributed by atoms with Gasteiger partial charge in [0.1, 0.15) is 18.1 Å². The van der Waals surface area contributed by atoms with Gasteiger partial charge in [-0.2, -0.15) is 5.10 Å². The molecule has 0 spiro atoms. The van der Waals surface area contributed by atoms with Crippen molar-refractivity contribution in [2.45, 2.75) is 6.10 Å². The Balaban J connectivity index is 1.22. The summed E-state index contributed by atoms with van der Waals surface area (Å²) in [5.41, 5.74) is 3.37. The first kappa shape index (κ1) is 19.2. The summed E-state index contributed by atoms with van der Waals surface area (Å²) >= 11 is 5.91. The van der Waals surface area contributed by atoms with Crippen LogP contribution in [0.25, 0.3) is 22.1 Å². The maximum absolute atomic E-state index is 12.4. The fraction of sp³-hybridized carbons (Fsp3) is 0.0833. The lowest BCUT2D eigenvalue weighted by Crippen LogP contribution is -2.42. The smallest absolute Gasteiger partial charge is 0.284 e. The first-order valence-corrected chi connectivity index (χ1v) is 10.0. The van der Waals surface area contributed by atoms with E-state index >= 15 is 0 Å². The molecule has 0 bridgehead atoms. The van der Waals surface area contributed by atoms with E-state index in [0.29, 0.717) is 28.0 Å². The van der Waals surface area contributed by atoms with Crippen LogP contribution in [0.5, 0.6) is 11.5 Å². The quantitative estimate of drug-likeness (QED) is 0.362. The number of furan rings is 1. The van der Waals surface area contributed by atoms with Crippen LogP contribution in [0.15, 0.2) is 82.3 Å². The van der Waals surface area contributed by atoms with Gasteiger partial charge in [0.2, 0.25) is 6.10 Å². The van der Waals surface area contributed by atoms with Gasteiger partial charge >= 0.3 is 0 Å². The number of carbonyl (C=O) groups is 1. The van der Waals surface area contributed by atoms with E-state index in [1.54, 1.807) is 18.2 Å². The van der Waals surface area contributed by atoms with E-state index < -0.39 is 12.0 Å². The molecule has 1 atom stereocenters. The van der Waals surface area contributed by atoms with Crippen molar-refractivity contribution in [2.24, 2.45) is 5.10 Å². The lowest BCUT2D eigenvalue weighted by molar-refractivity contribution is -0.130. The number of nitrogens with one attached hydrogen (secondary N) is 1. The summed E-state index contributed by atoms with van der Waals surface area (Å²) in [5.74, 6) is 1.93. The highest BCUT2D eigenvalue weighted by Crippen LogP contribution is 2.35. The maximum Gasteiger partial charge on any atom is 0.284 e. The lowest BCUT2D eigenvalue weighted by atomic mass is 10.1. The summed E-state index contributed by atoms with van der Waals surface area (Å²) in [5, 5.41) is 6.69. The zero-order valence-corrected chi connectivity index (χ0v) is 17.0. The molecule has 3 aromatic carbocycles. The summed E-state index contributed by atoms with van der Waals surface area (Å²) in [6.45, 7) is 0.105. The highest BCUT2D eigenvalue weighted by Gasteiger charge is 2.27. The van der Waals surface area contributed by atoms with Gasteiger partial charge in [0.15, 0.2) is 11.5 Å². The molecule has 1 amide bonds. The number of benzene rings is 3. The second kappa shape index (κ2) is 8.16. The Morgan fingerprint density at radius 2 is 1.74 bits per heavy atom. The number of hydrogen-bond donors (Lipinski definition) is 1. The molecule has 154 valence electrons. The van der Waals surface area contributed by atoms with Gasteiger partial charge in [-0.05, 0) is 59.3 Å². The molecule has 31 heavy (non-hydrogen) atoms. The maximum atomic E-state index is 12.4. The number of nitrogens with zero attached hydrogens (tertiary/aromatic N) is 1. The van der Waals surface area contributed by atoms with Crippen molar-refractivity contribution in [1.29, 1.82) is 0 Å². The molecule has 1 aromatic heterocycles. The summed E-state index contributed by atoms with van der Waals surface area (Å²) in [7, 11) is 0. The zero-order chi connectivity index (χ0) is 21.2. The molecule has 7 heteroatoms. The van der Waals surface area contributed by atoms with Crippen LogP contribution in [0.3, 0.4) is 0 Å². The Morgan fingerprint density at radius 1 is 1.00 bits per heavy atom. The minimum absolute atomic E-state index is 0.105. The summed E-state index contributed by atoms with van der Waals surface area (Å²) in [4.78, 5) is 12.4. The number of fused-ring (bicyclic) bond motifs is 2. The highest BCUT2D eigenvalue weighted by atomic mass is 35.5. The van der Waals surface area contributed by atoms with Crippen LogP contribution in [0, 0.1) is 0 Å². The minimum atomic E-state index is -0.799. The van der Waals surface area contributed by atoms with Crippen molar-refractivity contribution < 1.29 is 18.7 Å². The summed E-state index contributed by atoms with van der Waals surface area (Å²) in [6, 6.07) is 22.6. The van der Waals surface area contributed by atoms with Gasteiger partial charge in [-0.25, -0.2) is 5.43 Å². The van der Waals surface area contributed by atoms with E-state index in [-0.39, 0.29) is 6.61 Å². The molecule has 0 saturated carbocycles. The van der Waals surface area contributed by atoms with Crippen molar-refractivity contribution in [2.75, 3.05) is 6.61 Å². The first-order chi connectivity index (χ1) is 15.2. The molecular weight excluding hydrogens is 416 g/mol. The minimum Gasteiger partial charge on any atom is -0.485 e. The lowest BCUT2D eigenvalue weighted by Gasteiger charge is -2.25. The number of hydrazone groups is 1. The predicted octanol–water partition coefficient (Wildman–Crippen LogP) is 5.04. The third kappa shape index (κ3) is 4.11. The molecular formula is C24H17ClN2O4. The van der Waals surface area contributed by atoms with Crippen LogP contribution >= 0.6 is 11.6 Å². The van der Waals surface area contributed by atoms with Crippen LogP contribution < -0.4 is 14.9 Å². The molecule has 5 rings (SSSR count). The number of ether oxygens (including phenoxy) is 2. The standard InChI is InChI=1S/C24H17ClN2O4/c25-18-7-5-15(6-8-18)20-10-9-19(30-20)13-26-27-24(28)23-14-29-21-11-16-3-1-2-4-17(16)12-22(21)31-23/h1-13,23H,14H2,(H,27,28)/b26-13-. The number of hydrogen-bond acceptors (Lipinski definition) is 5. The molecule has 2 heterocycles. The number of carbonyl (C=O) groups excluding carboxylic acids is 1. The van der Waals surface area contributed by atoms with Gasteiger partial charge in [-0.1, -0.05) is 35.9 Å². The third-order valence-corrected chi connectivity index (χ3v) is 5.14. The van der Waals surface area contributed by atoms with Crippen molar-refractivity contribution >= 4 is 34.5 Å². The first-order valence-electron chi connectivity index (χ1n) is 9.67. The molecule has 1 unspecified atom stereocenters. The Kier molecular flexibility index (Phi) is 5.06. The van der Waals surface area contributed by atoms with Crippen molar-refractivity contribution in [1.82, 2.24) is 5.43 Å². The van der Waals surface area contributed by atoms with Crippen molar-refractivity contribution in [3.63, 3.8) is 0 Å². The topological polar surface area (TPSA) is 73.1 Å². The van der Waals surface area contributed by atoms with Gasteiger partial charge in [0, 0.05) is 10.6 Å². The third-order valence-electron chi connectivity index (χ3n) is 4.89. The van der Waals surface area contributed by atoms with Gasteiger partial charge in [-0.3, -0.25) is 4.79 Å². The van der Waals surface area contributed by atoms with Crippen molar-refractivity contribution in [3.8, 4) is 22.8 Å². The summed E-state index contributed by atoms with van der Waals surface area (Å²) in [6.07, 6.45) is 0.634. The Labute approximate surface area is 183 Å². The van der Waals surface area contributed by atoms with Crippen LogP contribution in [-0.2, 0) is 4.79 Å². The van der Waals surface area contributed by atoms with E-state index in [0.717, 1.165) is 16.3 Å². The molecule has 1 aliphatic rings. The van der Waals surface area contributed by atoms with Gasteiger partial charge < -0.3 is 13.9 Å². The molecule has 6 nitrogen and oxygen atoms in total. The van der Waals surface area contributed by atoms with Gasteiger partial charge in [-0.15, -0.1) is 0 Å². The fourth-order valence-corrected chi connectivity index (χ4v) is 3.43. The van der Waals surface area contributed by atoms with Crippen LogP contribution in [-0.4, -0.2) is 24.8 Å². The molecule has 0 saturated heterocycles. The second-order valence-corrected chi connectivity index (χ2v) is 7.44. The van der Waals surface area contributed by atoms with E-state index in [9.17, 15) is 4.79 Å². The van der Waals surface area contributed by atoms with E-state index in [1.165, 1.54) is 6.21 Å². The normalized spacial score (nSPS) is 15.3. The van der Waals surface area contributed by atoms with E-state index in [4.69, 9.17) is 25.5 Å². The molecule has 0 radical (unpaired) electrons. The molecule has 1 N–H and O–H groups in total. The molecule has 4 aromatic rings. The van der Waals surface area contributed by atoms with Gasteiger partial charge in [0.05, 0.1) is 6.21 Å². The number of rotatable bonds is 4. The zero-order valence-electron chi connectivity index (χ0n) is 16.2. The van der Waals surface area contributed by atoms with Crippen LogP contribution in [0.1, 0.15) is 5.76 Å². The Morgan fingerprint density at radius 3 is 2.52 bits per heavy atom. The summed E-state index contributed by atoms with van der Waals surface area (Å²) < 4.78 is 17.3. The SMILES string of the molecule is O=C(N/N=C\c1ccc(-c2ccc(Cl)cc2)o1)C1COc2cc3ccccc3cc2O1. The average molecular weight is 433 g/mol. The highest BCUT2D eigenvalue weighted by molar-refractivity contribution is 6.30. The Bertz CT molecular complexity index is 1280. The van der Waals surface area contributed by atoms with Gasteiger partial charge in [0.25, 0.3) is 5.91 Å². The van der Waals surface area contributed by atoms with Crippen LogP contribution in [0.2, 0.25) is 5.02 Å². The largest absolute Gasteiger partial charge is 0.485 e. The van der Waals surface area contributed by atoms with E-state index in [1.807, 2.05) is 54.6 Å². The van der Waals surface area contributed by atoms with Crippen molar-refractivity contribution in [3.05, 3.63) is 83.6 Å². The molecule has 0 aliphatic carbocycles. The Hall–Kier alpha value is -3.77. The number of halogens is 1. The molecule has 0 fully saturated rings. The molecule has 1 aliphatic heterocycles. The van der Waals surface area contributed by atoms with E-state index in [2.05, 4.69) is 10.5 Å². The average Bonchev–Trinajstić information content (AvgIpc) is 3.26. The second-order valence-electron chi connectivity index (χ2n) is 7.01. The number of amides is 1. The fourth-order valence-electron chi connectivity index (χ4n) is 3.31. The van der Waals surface area contributed by atoms with Crippen LogP contribution in [0.4, 0.5) is 0 Å².